The summed E-state index contributed by atoms with van der Waals surface area (Å²) < 4.78 is 6.91. The Morgan fingerprint density at radius 3 is 2.83 bits per heavy atom. The highest BCUT2D eigenvalue weighted by Gasteiger charge is 2.13. The molecule has 0 spiro atoms. The molecule has 4 aromatic rings. The standard InChI is InChI=1S/C20H18N6O2S2/c1-3-16-23-24-20-26(16)25-18(30-20)13-7-4-8-14(10-13)21-19(29)22-17(27)12-6-5-9-15(11-12)28-2/h4-11H,3H2,1-2H3,(H2,21,22,27,29). The van der Waals surface area contributed by atoms with Gasteiger partial charge in [0.1, 0.15) is 10.8 Å². The second-order valence-corrected chi connectivity index (χ2v) is 7.66. The first kappa shape index (κ1) is 19.9. The van der Waals surface area contributed by atoms with Crippen LogP contribution in [0.1, 0.15) is 23.1 Å². The van der Waals surface area contributed by atoms with E-state index in [9.17, 15) is 4.79 Å². The summed E-state index contributed by atoms with van der Waals surface area (Å²) in [6, 6.07) is 14.5. The number of rotatable bonds is 5. The number of aromatic nitrogens is 4. The van der Waals surface area contributed by atoms with Crippen molar-refractivity contribution in [3.8, 4) is 16.3 Å². The van der Waals surface area contributed by atoms with Gasteiger partial charge in [-0.05, 0) is 42.5 Å². The molecule has 0 aliphatic heterocycles. The molecule has 0 radical (unpaired) electrons. The Morgan fingerprint density at radius 1 is 1.20 bits per heavy atom. The first-order valence-electron chi connectivity index (χ1n) is 9.15. The van der Waals surface area contributed by atoms with E-state index in [4.69, 9.17) is 17.0 Å². The van der Waals surface area contributed by atoms with Gasteiger partial charge in [-0.1, -0.05) is 36.5 Å². The average molecular weight is 439 g/mol. The Labute approximate surface area is 181 Å². The van der Waals surface area contributed by atoms with Crippen LogP contribution in [0.25, 0.3) is 15.5 Å². The second kappa shape index (κ2) is 8.56. The Bertz CT molecular complexity index is 1230. The number of amides is 1. The van der Waals surface area contributed by atoms with Crippen molar-refractivity contribution in [3.05, 3.63) is 59.9 Å². The van der Waals surface area contributed by atoms with Gasteiger partial charge in [0, 0.05) is 23.2 Å². The van der Waals surface area contributed by atoms with E-state index in [1.165, 1.54) is 11.3 Å². The molecule has 0 atom stereocenters. The van der Waals surface area contributed by atoms with Gasteiger partial charge in [-0.15, -0.1) is 10.2 Å². The maximum atomic E-state index is 12.4. The SMILES string of the molecule is CCc1nnc2sc(-c3cccc(NC(=S)NC(=O)c4cccc(OC)c4)c3)nn12. The van der Waals surface area contributed by atoms with Crippen molar-refractivity contribution in [2.75, 3.05) is 12.4 Å². The molecule has 152 valence electrons. The maximum Gasteiger partial charge on any atom is 0.257 e. The van der Waals surface area contributed by atoms with Crippen LogP contribution in [0.4, 0.5) is 5.69 Å². The van der Waals surface area contributed by atoms with Crippen LogP contribution in [0.2, 0.25) is 0 Å². The summed E-state index contributed by atoms with van der Waals surface area (Å²) in [4.78, 5) is 13.2. The molecule has 1 amide bonds. The number of fused-ring (bicyclic) bond motifs is 1. The number of carbonyl (C=O) groups excluding carboxylic acids is 1. The number of anilines is 1. The Balaban J connectivity index is 1.47. The van der Waals surface area contributed by atoms with Crippen LogP contribution in [-0.2, 0) is 6.42 Å². The van der Waals surface area contributed by atoms with Gasteiger partial charge >= 0.3 is 0 Å². The number of hydrogen-bond acceptors (Lipinski definition) is 7. The van der Waals surface area contributed by atoms with Gasteiger partial charge in [0.25, 0.3) is 5.91 Å². The predicted octanol–water partition coefficient (Wildman–Crippen LogP) is 3.55. The third-order valence-electron chi connectivity index (χ3n) is 4.30. The first-order chi connectivity index (χ1) is 14.6. The summed E-state index contributed by atoms with van der Waals surface area (Å²) >= 11 is 6.76. The van der Waals surface area contributed by atoms with Crippen LogP contribution >= 0.6 is 23.6 Å². The summed E-state index contributed by atoms with van der Waals surface area (Å²) in [6.45, 7) is 2.01. The molecular formula is C20H18N6O2S2. The predicted molar refractivity (Wildman–Crippen MR) is 120 cm³/mol. The van der Waals surface area contributed by atoms with Crippen molar-refractivity contribution in [2.45, 2.75) is 13.3 Å². The minimum atomic E-state index is -0.316. The molecule has 0 unspecified atom stereocenters. The van der Waals surface area contributed by atoms with E-state index in [2.05, 4.69) is 25.9 Å². The third-order valence-corrected chi connectivity index (χ3v) is 5.45. The largest absolute Gasteiger partial charge is 0.497 e. The number of carbonyl (C=O) groups is 1. The van der Waals surface area contributed by atoms with E-state index in [0.29, 0.717) is 11.3 Å². The number of hydrogen-bond donors (Lipinski definition) is 2. The van der Waals surface area contributed by atoms with Gasteiger partial charge in [-0.3, -0.25) is 10.1 Å². The van der Waals surface area contributed by atoms with Crippen LogP contribution < -0.4 is 15.4 Å². The summed E-state index contributed by atoms with van der Waals surface area (Å²) in [5.74, 6) is 1.11. The molecule has 0 aliphatic rings. The minimum Gasteiger partial charge on any atom is -0.497 e. The molecule has 0 aliphatic carbocycles. The fourth-order valence-electron chi connectivity index (χ4n) is 2.83. The van der Waals surface area contributed by atoms with Crippen LogP contribution in [0, 0.1) is 0 Å². The van der Waals surface area contributed by atoms with E-state index in [1.54, 1.807) is 35.9 Å². The van der Waals surface area contributed by atoms with Crippen LogP contribution in [-0.4, -0.2) is 37.9 Å². The molecule has 2 N–H and O–H groups in total. The maximum absolute atomic E-state index is 12.4. The van der Waals surface area contributed by atoms with Crippen molar-refractivity contribution in [2.24, 2.45) is 0 Å². The number of nitrogens with zero attached hydrogens (tertiary/aromatic N) is 4. The highest BCUT2D eigenvalue weighted by Crippen LogP contribution is 2.27. The van der Waals surface area contributed by atoms with Gasteiger partial charge < -0.3 is 10.1 Å². The topological polar surface area (TPSA) is 93.4 Å². The lowest BCUT2D eigenvalue weighted by Gasteiger charge is -2.11. The van der Waals surface area contributed by atoms with Crippen molar-refractivity contribution in [3.63, 3.8) is 0 Å². The Kier molecular flexibility index (Phi) is 5.68. The summed E-state index contributed by atoms with van der Waals surface area (Å²) in [5.41, 5.74) is 2.11. The van der Waals surface area contributed by atoms with Crippen molar-refractivity contribution in [1.82, 2.24) is 25.1 Å². The quantitative estimate of drug-likeness (QED) is 0.460. The molecule has 8 nitrogen and oxygen atoms in total. The highest BCUT2D eigenvalue weighted by molar-refractivity contribution is 7.80. The fourth-order valence-corrected chi connectivity index (χ4v) is 3.89. The van der Waals surface area contributed by atoms with Crippen molar-refractivity contribution in [1.29, 1.82) is 0 Å². The molecule has 0 saturated heterocycles. The number of thiocarbonyl (C=S) groups is 1. The van der Waals surface area contributed by atoms with E-state index in [0.717, 1.165) is 33.5 Å². The first-order valence-corrected chi connectivity index (χ1v) is 10.4. The molecule has 30 heavy (non-hydrogen) atoms. The van der Waals surface area contributed by atoms with Gasteiger partial charge in [-0.25, -0.2) is 0 Å². The van der Waals surface area contributed by atoms with E-state index < -0.39 is 0 Å². The summed E-state index contributed by atoms with van der Waals surface area (Å²) in [5, 5.41) is 19.6. The van der Waals surface area contributed by atoms with E-state index in [-0.39, 0.29) is 11.0 Å². The molecule has 2 heterocycles. The zero-order chi connectivity index (χ0) is 21.1. The molecule has 2 aromatic heterocycles. The number of aryl methyl sites for hydroxylation is 1. The number of ether oxygens (including phenoxy) is 1. The van der Waals surface area contributed by atoms with Gasteiger partial charge in [-0.2, -0.15) is 9.61 Å². The fraction of sp³-hybridized carbons (Fsp3) is 0.150. The minimum absolute atomic E-state index is 0.200. The molecule has 10 heteroatoms. The lowest BCUT2D eigenvalue weighted by atomic mass is 10.2. The molecule has 4 rings (SSSR count). The van der Waals surface area contributed by atoms with E-state index >= 15 is 0 Å². The van der Waals surface area contributed by atoms with Crippen LogP contribution in [0.5, 0.6) is 5.75 Å². The Morgan fingerprint density at radius 2 is 2.03 bits per heavy atom. The monoisotopic (exact) mass is 438 g/mol. The number of methoxy groups -OCH3 is 1. The highest BCUT2D eigenvalue weighted by atomic mass is 32.1. The third kappa shape index (κ3) is 4.14. The van der Waals surface area contributed by atoms with Crippen molar-refractivity contribution < 1.29 is 9.53 Å². The molecular weight excluding hydrogens is 420 g/mol. The lowest BCUT2D eigenvalue weighted by molar-refractivity contribution is 0.0977. The molecule has 0 bridgehead atoms. The van der Waals surface area contributed by atoms with Gasteiger partial charge in [0.2, 0.25) is 4.96 Å². The van der Waals surface area contributed by atoms with E-state index in [1.807, 2.05) is 31.2 Å². The number of nitrogens with one attached hydrogen (secondary N) is 2. The molecule has 2 aromatic carbocycles. The normalized spacial score (nSPS) is 10.7. The summed E-state index contributed by atoms with van der Waals surface area (Å²) in [7, 11) is 1.55. The van der Waals surface area contributed by atoms with Crippen LogP contribution in [0.3, 0.4) is 0 Å². The zero-order valence-corrected chi connectivity index (χ0v) is 17.9. The van der Waals surface area contributed by atoms with Crippen molar-refractivity contribution >= 4 is 45.2 Å². The van der Waals surface area contributed by atoms with Gasteiger partial charge in [0.05, 0.1) is 7.11 Å². The second-order valence-electron chi connectivity index (χ2n) is 6.29. The lowest BCUT2D eigenvalue weighted by Crippen LogP contribution is -2.34. The molecule has 0 saturated carbocycles. The Hall–Kier alpha value is -3.37. The van der Waals surface area contributed by atoms with Crippen LogP contribution in [0.15, 0.2) is 48.5 Å². The van der Waals surface area contributed by atoms with Gasteiger partial charge in [0.15, 0.2) is 10.9 Å². The summed E-state index contributed by atoms with van der Waals surface area (Å²) in [6.07, 6.45) is 0.757. The zero-order valence-electron chi connectivity index (χ0n) is 16.2. The number of benzene rings is 2. The average Bonchev–Trinajstić information content (AvgIpc) is 3.34. The smallest absolute Gasteiger partial charge is 0.257 e. The molecule has 0 fully saturated rings.